The van der Waals surface area contributed by atoms with E-state index in [-0.39, 0.29) is 23.6 Å². The van der Waals surface area contributed by atoms with Crippen molar-refractivity contribution in [3.8, 4) is 0 Å². The first-order valence-electron chi connectivity index (χ1n) is 9.55. The Labute approximate surface area is 161 Å². The lowest BCUT2D eigenvalue weighted by molar-refractivity contribution is -0.141. The SMILES string of the molecule is O=C(Cn1cnc2ccccc2c1=O)N1CCC2(CC1)OCCc1cn[nH]c12. The molecule has 0 bridgehead atoms. The Bertz CT molecular complexity index is 1090. The lowest BCUT2D eigenvalue weighted by Crippen LogP contribution is -2.49. The van der Waals surface area contributed by atoms with Gasteiger partial charge in [-0.25, -0.2) is 4.98 Å². The highest BCUT2D eigenvalue weighted by molar-refractivity contribution is 5.79. The predicted octanol–water partition coefficient (Wildman–Crippen LogP) is 1.21. The van der Waals surface area contributed by atoms with Gasteiger partial charge in [0.15, 0.2) is 0 Å². The normalized spacial score (nSPS) is 18.4. The summed E-state index contributed by atoms with van der Waals surface area (Å²) < 4.78 is 7.52. The molecule has 0 aliphatic carbocycles. The highest BCUT2D eigenvalue weighted by Gasteiger charge is 2.43. The van der Waals surface area contributed by atoms with E-state index in [0.717, 1.165) is 25.0 Å². The monoisotopic (exact) mass is 379 g/mol. The molecule has 8 nitrogen and oxygen atoms in total. The van der Waals surface area contributed by atoms with Crippen molar-refractivity contribution in [1.82, 2.24) is 24.6 Å². The van der Waals surface area contributed by atoms with Gasteiger partial charge in [0, 0.05) is 13.1 Å². The lowest BCUT2D eigenvalue weighted by atomic mass is 9.84. The number of piperidine rings is 1. The van der Waals surface area contributed by atoms with Crippen LogP contribution in [0.15, 0.2) is 41.6 Å². The van der Waals surface area contributed by atoms with Crippen molar-refractivity contribution in [2.24, 2.45) is 0 Å². The Kier molecular flexibility index (Phi) is 4.01. The zero-order valence-corrected chi connectivity index (χ0v) is 15.4. The summed E-state index contributed by atoms with van der Waals surface area (Å²) in [5.41, 5.74) is 2.34. The highest BCUT2D eigenvalue weighted by Crippen LogP contribution is 2.40. The van der Waals surface area contributed by atoms with Crippen LogP contribution in [0.4, 0.5) is 0 Å². The number of nitrogens with one attached hydrogen (secondary N) is 1. The number of carbonyl (C=O) groups excluding carboxylic acids is 1. The predicted molar refractivity (Wildman–Crippen MR) is 102 cm³/mol. The summed E-state index contributed by atoms with van der Waals surface area (Å²) in [5.74, 6) is -0.0744. The standard InChI is InChI=1S/C20H21N5O3/c26-17(12-25-13-21-16-4-2-1-3-15(16)19(25)27)24-8-6-20(7-9-24)18-14(5-10-28-20)11-22-23-18/h1-4,11,13H,5-10,12H2,(H,22,23). The van der Waals surface area contributed by atoms with Crippen molar-refractivity contribution in [3.05, 3.63) is 58.4 Å². The van der Waals surface area contributed by atoms with Gasteiger partial charge in [-0.05, 0) is 37.0 Å². The minimum Gasteiger partial charge on any atom is -0.368 e. The molecule has 1 N–H and O–H groups in total. The number of carbonyl (C=O) groups is 1. The maximum absolute atomic E-state index is 12.8. The minimum absolute atomic E-state index is 0.000166. The molecule has 0 atom stereocenters. The van der Waals surface area contributed by atoms with E-state index in [1.54, 1.807) is 23.1 Å². The first kappa shape index (κ1) is 17.1. The van der Waals surface area contributed by atoms with E-state index >= 15 is 0 Å². The number of benzene rings is 1. The summed E-state index contributed by atoms with van der Waals surface area (Å²) in [5, 5.41) is 7.79. The van der Waals surface area contributed by atoms with E-state index in [4.69, 9.17) is 4.74 Å². The van der Waals surface area contributed by atoms with Gasteiger partial charge in [-0.1, -0.05) is 12.1 Å². The molecule has 2 aliphatic heterocycles. The van der Waals surface area contributed by atoms with Crippen LogP contribution in [-0.4, -0.2) is 50.3 Å². The maximum atomic E-state index is 12.8. The zero-order chi connectivity index (χ0) is 19.1. The number of para-hydroxylation sites is 1. The fraction of sp³-hybridized carbons (Fsp3) is 0.400. The number of rotatable bonds is 2. The lowest BCUT2D eigenvalue weighted by Gasteiger charge is -2.43. The number of ether oxygens (including phenoxy) is 1. The van der Waals surface area contributed by atoms with Gasteiger partial charge in [-0.3, -0.25) is 19.3 Å². The van der Waals surface area contributed by atoms with Crippen LogP contribution in [0.2, 0.25) is 0 Å². The number of amides is 1. The Hall–Kier alpha value is -3.00. The van der Waals surface area contributed by atoms with E-state index in [9.17, 15) is 9.59 Å². The van der Waals surface area contributed by atoms with Crippen LogP contribution >= 0.6 is 0 Å². The second-order valence-electron chi connectivity index (χ2n) is 7.44. The molecule has 4 heterocycles. The molecule has 0 saturated carbocycles. The Balaban J connectivity index is 1.31. The maximum Gasteiger partial charge on any atom is 0.261 e. The van der Waals surface area contributed by atoms with Crippen molar-refractivity contribution in [2.45, 2.75) is 31.4 Å². The summed E-state index contributed by atoms with van der Waals surface area (Å²) in [4.78, 5) is 31.5. The number of nitrogens with zero attached hydrogens (tertiary/aromatic N) is 4. The molecule has 1 fully saturated rings. The summed E-state index contributed by atoms with van der Waals surface area (Å²) in [6.45, 7) is 1.86. The van der Waals surface area contributed by atoms with Gasteiger partial charge in [0.2, 0.25) is 5.91 Å². The number of hydrogen-bond acceptors (Lipinski definition) is 5. The van der Waals surface area contributed by atoms with Gasteiger partial charge in [-0.2, -0.15) is 5.10 Å². The largest absolute Gasteiger partial charge is 0.368 e. The van der Waals surface area contributed by atoms with Crippen molar-refractivity contribution < 1.29 is 9.53 Å². The zero-order valence-electron chi connectivity index (χ0n) is 15.4. The third-order valence-corrected chi connectivity index (χ3v) is 5.88. The van der Waals surface area contributed by atoms with Crippen LogP contribution in [0.25, 0.3) is 10.9 Å². The molecule has 1 aromatic carbocycles. The van der Waals surface area contributed by atoms with Gasteiger partial charge in [-0.15, -0.1) is 0 Å². The quantitative estimate of drug-likeness (QED) is 0.722. The van der Waals surface area contributed by atoms with Gasteiger partial charge >= 0.3 is 0 Å². The number of H-pyrrole nitrogens is 1. The molecule has 144 valence electrons. The molecule has 0 radical (unpaired) electrons. The molecule has 5 rings (SSSR count). The second-order valence-corrected chi connectivity index (χ2v) is 7.44. The summed E-state index contributed by atoms with van der Waals surface area (Å²) >= 11 is 0. The molecular weight excluding hydrogens is 358 g/mol. The van der Waals surface area contributed by atoms with E-state index in [2.05, 4.69) is 15.2 Å². The molecule has 2 aliphatic rings. The highest BCUT2D eigenvalue weighted by atomic mass is 16.5. The molecule has 1 saturated heterocycles. The van der Waals surface area contributed by atoms with Gasteiger partial charge < -0.3 is 9.64 Å². The van der Waals surface area contributed by atoms with Crippen LogP contribution in [0.1, 0.15) is 24.1 Å². The topological polar surface area (TPSA) is 93.1 Å². The average Bonchev–Trinajstić information content (AvgIpc) is 3.21. The van der Waals surface area contributed by atoms with Crippen LogP contribution in [0, 0.1) is 0 Å². The van der Waals surface area contributed by atoms with Crippen molar-refractivity contribution in [3.63, 3.8) is 0 Å². The molecule has 2 aromatic heterocycles. The molecule has 1 spiro atoms. The first-order valence-corrected chi connectivity index (χ1v) is 9.55. The van der Waals surface area contributed by atoms with E-state index in [1.807, 2.05) is 12.3 Å². The first-order chi connectivity index (χ1) is 13.7. The Morgan fingerprint density at radius 3 is 2.93 bits per heavy atom. The van der Waals surface area contributed by atoms with Crippen molar-refractivity contribution in [1.29, 1.82) is 0 Å². The number of aromatic amines is 1. The van der Waals surface area contributed by atoms with Crippen LogP contribution in [0.3, 0.4) is 0 Å². The molecule has 28 heavy (non-hydrogen) atoms. The third-order valence-electron chi connectivity index (χ3n) is 5.88. The fourth-order valence-electron chi connectivity index (χ4n) is 4.30. The summed E-state index contributed by atoms with van der Waals surface area (Å²) in [6.07, 6.45) is 5.64. The Morgan fingerprint density at radius 1 is 1.25 bits per heavy atom. The second kappa shape index (κ2) is 6.56. The number of hydrogen-bond donors (Lipinski definition) is 1. The molecule has 1 amide bonds. The van der Waals surface area contributed by atoms with E-state index in [0.29, 0.717) is 30.6 Å². The third kappa shape index (κ3) is 2.72. The molecule has 8 heteroatoms. The van der Waals surface area contributed by atoms with Crippen LogP contribution < -0.4 is 5.56 Å². The van der Waals surface area contributed by atoms with Crippen LogP contribution in [0.5, 0.6) is 0 Å². The van der Waals surface area contributed by atoms with Crippen LogP contribution in [-0.2, 0) is 28.1 Å². The van der Waals surface area contributed by atoms with E-state index in [1.165, 1.54) is 16.5 Å². The summed E-state index contributed by atoms with van der Waals surface area (Å²) in [6, 6.07) is 7.17. The summed E-state index contributed by atoms with van der Waals surface area (Å²) in [7, 11) is 0. The van der Waals surface area contributed by atoms with E-state index < -0.39 is 0 Å². The van der Waals surface area contributed by atoms with Crippen molar-refractivity contribution in [2.75, 3.05) is 19.7 Å². The smallest absolute Gasteiger partial charge is 0.261 e. The molecule has 3 aromatic rings. The average molecular weight is 379 g/mol. The number of aromatic nitrogens is 4. The molecular formula is C20H21N5O3. The Morgan fingerprint density at radius 2 is 2.07 bits per heavy atom. The minimum atomic E-state index is -0.373. The van der Waals surface area contributed by atoms with Crippen molar-refractivity contribution >= 4 is 16.8 Å². The van der Waals surface area contributed by atoms with Gasteiger partial charge in [0.25, 0.3) is 5.56 Å². The number of fused-ring (bicyclic) bond motifs is 3. The van der Waals surface area contributed by atoms with Gasteiger partial charge in [0.05, 0.1) is 35.7 Å². The fourth-order valence-corrected chi connectivity index (χ4v) is 4.30. The van der Waals surface area contributed by atoms with Gasteiger partial charge in [0.1, 0.15) is 12.1 Å². The number of likely N-dealkylation sites (tertiary alicyclic amines) is 1. The molecule has 0 unspecified atom stereocenters.